The molecule has 1 aromatic rings. The van der Waals surface area contributed by atoms with Crippen molar-refractivity contribution in [3.63, 3.8) is 0 Å². The van der Waals surface area contributed by atoms with Crippen molar-refractivity contribution in [2.24, 2.45) is 5.73 Å². The fourth-order valence-corrected chi connectivity index (χ4v) is 3.50. The van der Waals surface area contributed by atoms with Gasteiger partial charge in [0.25, 0.3) is 0 Å². The number of hydrogen-bond donors (Lipinski definition) is 1. The predicted octanol–water partition coefficient (Wildman–Crippen LogP) is 6.19. The highest BCUT2D eigenvalue weighted by Crippen LogP contribution is 2.30. The van der Waals surface area contributed by atoms with Gasteiger partial charge >= 0.3 is 24.1 Å². The summed E-state index contributed by atoms with van der Waals surface area (Å²) in [6.07, 6.45) is 3.90. The summed E-state index contributed by atoms with van der Waals surface area (Å²) in [6, 6.07) is 3.67. The Kier molecular flexibility index (Phi) is 16.0. The first-order valence-corrected chi connectivity index (χ1v) is 14.7. The molecule has 10 nitrogen and oxygen atoms in total. The quantitative estimate of drug-likeness (QED) is 0.122. The topological polar surface area (TPSA) is 140 Å². The highest BCUT2D eigenvalue weighted by molar-refractivity contribution is 5.77. The van der Waals surface area contributed by atoms with Crippen molar-refractivity contribution in [1.82, 2.24) is 0 Å². The molecule has 0 unspecified atom stereocenters. The molecule has 0 saturated heterocycles. The van der Waals surface area contributed by atoms with Gasteiger partial charge in [-0.2, -0.15) is 0 Å². The number of hydrogen-bond acceptors (Lipinski definition) is 10. The molecule has 0 aliphatic carbocycles. The Morgan fingerprint density at radius 1 is 0.805 bits per heavy atom. The van der Waals surface area contributed by atoms with E-state index in [1.807, 2.05) is 20.8 Å². The minimum absolute atomic E-state index is 0.0681. The van der Waals surface area contributed by atoms with Crippen molar-refractivity contribution in [3.8, 4) is 11.5 Å². The third-order valence-corrected chi connectivity index (χ3v) is 6.64. The standard InChI is InChI=1S/C31H49NO9/c1-8-11-13-15-27(33)39-25-18-17-23(20-26(25)40-28(34)16-14-12-9-2)19-24(32)29(35)37-21(4)22(5)38-30(36)41-31(6,7)10-3/h17-18,20-22,24H,8-16,19,32H2,1-7H3/t21-,22-,24-/m0/s1. The molecule has 0 heterocycles. The molecule has 2 N–H and O–H groups in total. The lowest BCUT2D eigenvalue weighted by Crippen LogP contribution is -2.40. The number of carbonyl (C=O) groups is 4. The van der Waals surface area contributed by atoms with Gasteiger partial charge in [0.05, 0.1) is 0 Å². The Morgan fingerprint density at radius 3 is 1.88 bits per heavy atom. The van der Waals surface area contributed by atoms with E-state index < -0.39 is 47.9 Å². The minimum atomic E-state index is -1.05. The van der Waals surface area contributed by atoms with Crippen LogP contribution in [0.25, 0.3) is 0 Å². The highest BCUT2D eigenvalue weighted by atomic mass is 16.7. The summed E-state index contributed by atoms with van der Waals surface area (Å²) in [5, 5.41) is 0. The van der Waals surface area contributed by atoms with Gasteiger partial charge < -0.3 is 29.4 Å². The van der Waals surface area contributed by atoms with Gasteiger partial charge in [-0.1, -0.05) is 52.5 Å². The van der Waals surface area contributed by atoms with E-state index in [1.54, 1.807) is 39.8 Å². The molecule has 0 fully saturated rings. The fraction of sp³-hybridized carbons (Fsp3) is 0.677. The molecule has 3 atom stereocenters. The van der Waals surface area contributed by atoms with Gasteiger partial charge in [-0.3, -0.25) is 14.4 Å². The molecule has 10 heteroatoms. The maximum atomic E-state index is 12.7. The van der Waals surface area contributed by atoms with Crippen LogP contribution in [0.1, 0.15) is 112 Å². The van der Waals surface area contributed by atoms with Crippen molar-refractivity contribution in [3.05, 3.63) is 23.8 Å². The summed E-state index contributed by atoms with van der Waals surface area (Å²) in [4.78, 5) is 49.5. The predicted molar refractivity (Wildman–Crippen MR) is 155 cm³/mol. The molecule has 0 saturated carbocycles. The third kappa shape index (κ3) is 14.4. The second kappa shape index (κ2) is 18.3. The Morgan fingerprint density at radius 2 is 1.34 bits per heavy atom. The van der Waals surface area contributed by atoms with E-state index in [0.717, 1.165) is 25.7 Å². The third-order valence-electron chi connectivity index (χ3n) is 6.64. The van der Waals surface area contributed by atoms with Gasteiger partial charge in [-0.25, -0.2) is 4.79 Å². The van der Waals surface area contributed by atoms with Crippen LogP contribution >= 0.6 is 0 Å². The average Bonchev–Trinajstić information content (AvgIpc) is 2.89. The van der Waals surface area contributed by atoms with Crippen molar-refractivity contribution in [2.45, 2.75) is 137 Å². The molecular formula is C31H49NO9. The van der Waals surface area contributed by atoms with Crippen LogP contribution in [0.3, 0.4) is 0 Å². The van der Waals surface area contributed by atoms with E-state index in [-0.39, 0.29) is 30.8 Å². The largest absolute Gasteiger partial charge is 0.509 e. The highest BCUT2D eigenvalue weighted by Gasteiger charge is 2.28. The maximum absolute atomic E-state index is 12.7. The molecule has 0 radical (unpaired) electrons. The minimum Gasteiger partial charge on any atom is -0.458 e. The maximum Gasteiger partial charge on any atom is 0.509 e. The van der Waals surface area contributed by atoms with Crippen LogP contribution in [0.5, 0.6) is 11.5 Å². The molecule has 0 aliphatic rings. The van der Waals surface area contributed by atoms with Gasteiger partial charge in [-0.05, 0) is 71.1 Å². The first-order chi connectivity index (χ1) is 19.3. The summed E-state index contributed by atoms with van der Waals surface area (Å²) in [7, 11) is 0. The molecule has 0 aliphatic heterocycles. The van der Waals surface area contributed by atoms with E-state index in [1.165, 1.54) is 6.07 Å². The molecule has 0 bridgehead atoms. The Bertz CT molecular complexity index is 992. The van der Waals surface area contributed by atoms with E-state index in [0.29, 0.717) is 24.8 Å². The van der Waals surface area contributed by atoms with Crippen molar-refractivity contribution in [1.29, 1.82) is 0 Å². The summed E-state index contributed by atoms with van der Waals surface area (Å²) in [5.74, 6) is -1.32. The van der Waals surface area contributed by atoms with E-state index in [4.69, 9.17) is 29.4 Å². The Hall–Kier alpha value is -3.14. The van der Waals surface area contributed by atoms with Crippen molar-refractivity contribution >= 4 is 24.1 Å². The van der Waals surface area contributed by atoms with Crippen molar-refractivity contribution in [2.75, 3.05) is 0 Å². The molecule has 0 spiro atoms. The van der Waals surface area contributed by atoms with Gasteiger partial charge in [-0.15, -0.1) is 0 Å². The second-order valence-electron chi connectivity index (χ2n) is 10.9. The number of carbonyl (C=O) groups excluding carboxylic acids is 4. The molecule has 0 aromatic heterocycles. The van der Waals surface area contributed by atoms with Gasteiger partial charge in [0.1, 0.15) is 23.9 Å². The summed E-state index contributed by atoms with van der Waals surface area (Å²) >= 11 is 0. The zero-order valence-electron chi connectivity index (χ0n) is 25.8. The van der Waals surface area contributed by atoms with Crippen LogP contribution in [0, 0.1) is 0 Å². The summed E-state index contributed by atoms with van der Waals surface area (Å²) in [6.45, 7) is 12.7. The second-order valence-corrected chi connectivity index (χ2v) is 10.9. The molecule has 1 rings (SSSR count). The van der Waals surface area contributed by atoms with Crippen LogP contribution in [-0.4, -0.2) is 47.9 Å². The van der Waals surface area contributed by atoms with E-state index in [2.05, 4.69) is 0 Å². The van der Waals surface area contributed by atoms with Crippen LogP contribution in [0.4, 0.5) is 4.79 Å². The van der Waals surface area contributed by atoms with Crippen LogP contribution in [0.2, 0.25) is 0 Å². The van der Waals surface area contributed by atoms with Crippen molar-refractivity contribution < 1.29 is 42.9 Å². The molecule has 232 valence electrons. The summed E-state index contributed by atoms with van der Waals surface area (Å²) < 4.78 is 27.0. The first-order valence-electron chi connectivity index (χ1n) is 14.7. The fourth-order valence-electron chi connectivity index (χ4n) is 3.50. The lowest BCUT2D eigenvalue weighted by Gasteiger charge is -2.26. The number of ether oxygens (including phenoxy) is 5. The molecule has 0 amide bonds. The normalized spacial score (nSPS) is 13.5. The zero-order valence-corrected chi connectivity index (χ0v) is 25.8. The Balaban J connectivity index is 2.88. The average molecular weight is 580 g/mol. The summed E-state index contributed by atoms with van der Waals surface area (Å²) in [5.41, 5.74) is 6.03. The van der Waals surface area contributed by atoms with Gasteiger partial charge in [0.15, 0.2) is 11.5 Å². The van der Waals surface area contributed by atoms with Gasteiger partial charge in [0.2, 0.25) is 0 Å². The van der Waals surface area contributed by atoms with E-state index >= 15 is 0 Å². The number of benzene rings is 1. The lowest BCUT2D eigenvalue weighted by atomic mass is 10.1. The molecular weight excluding hydrogens is 530 g/mol. The number of esters is 3. The van der Waals surface area contributed by atoms with Crippen LogP contribution in [0.15, 0.2) is 18.2 Å². The number of rotatable bonds is 18. The SMILES string of the molecule is CCCCCC(=O)Oc1ccc(C[C@H](N)C(=O)O[C@@H](C)[C@H](C)OC(=O)OC(C)(C)CC)cc1OC(=O)CCCCC. The molecule has 1 aromatic carbocycles. The lowest BCUT2D eigenvalue weighted by molar-refractivity contribution is -0.156. The van der Waals surface area contributed by atoms with Crippen LogP contribution < -0.4 is 15.2 Å². The molecule has 41 heavy (non-hydrogen) atoms. The van der Waals surface area contributed by atoms with Gasteiger partial charge in [0, 0.05) is 12.8 Å². The smallest absolute Gasteiger partial charge is 0.458 e. The van der Waals surface area contributed by atoms with E-state index in [9.17, 15) is 19.2 Å². The number of nitrogens with two attached hydrogens (primary N) is 1. The first kappa shape index (κ1) is 35.9. The van der Waals surface area contributed by atoms with Crippen LogP contribution in [-0.2, 0) is 35.0 Å². The Labute approximate surface area is 244 Å². The number of unbranched alkanes of at least 4 members (excludes halogenated alkanes) is 4. The zero-order chi connectivity index (χ0) is 31.0. The monoisotopic (exact) mass is 579 g/mol.